The van der Waals surface area contributed by atoms with Crippen LogP contribution in [0.2, 0.25) is 0 Å². The molecule has 0 aromatic heterocycles. The Hall–Kier alpha value is -3.15. The molecule has 2 aromatic rings. The van der Waals surface area contributed by atoms with Crippen molar-refractivity contribution in [1.82, 2.24) is 10.2 Å². The summed E-state index contributed by atoms with van der Waals surface area (Å²) in [6, 6.07) is 16.2. The van der Waals surface area contributed by atoms with Crippen LogP contribution in [0.3, 0.4) is 0 Å². The van der Waals surface area contributed by atoms with Crippen LogP contribution in [0.1, 0.15) is 82.3 Å². The molecular weight excluding hydrogens is 486 g/mol. The number of hydrogen-bond acceptors (Lipinski definition) is 3. The maximum Gasteiger partial charge on any atom is 0.245 e. The van der Waals surface area contributed by atoms with Crippen LogP contribution < -0.4 is 11.1 Å². The molecule has 1 saturated carbocycles. The summed E-state index contributed by atoms with van der Waals surface area (Å²) in [6.45, 7) is 5.28. The van der Waals surface area contributed by atoms with E-state index in [4.69, 9.17) is 5.73 Å². The first kappa shape index (κ1) is 28.8. The van der Waals surface area contributed by atoms with E-state index >= 15 is 0 Å². The van der Waals surface area contributed by atoms with Gasteiger partial charge in [-0.3, -0.25) is 14.4 Å². The van der Waals surface area contributed by atoms with E-state index in [1.165, 1.54) is 18.4 Å². The Labute approximate surface area is 233 Å². The molecule has 0 spiro atoms. The smallest absolute Gasteiger partial charge is 0.245 e. The summed E-state index contributed by atoms with van der Waals surface area (Å²) < 4.78 is 0. The van der Waals surface area contributed by atoms with Crippen molar-refractivity contribution in [3.8, 4) is 11.1 Å². The lowest BCUT2D eigenvalue weighted by Gasteiger charge is -2.29. The van der Waals surface area contributed by atoms with Gasteiger partial charge in [-0.05, 0) is 67.7 Å². The van der Waals surface area contributed by atoms with Gasteiger partial charge in [0.1, 0.15) is 6.04 Å². The lowest BCUT2D eigenvalue weighted by molar-refractivity contribution is -0.139. The number of nitrogens with one attached hydrogen (secondary N) is 1. The molecule has 1 aliphatic carbocycles. The monoisotopic (exact) mass is 531 g/mol. The first-order valence-electron chi connectivity index (χ1n) is 14.9. The molecule has 0 bridgehead atoms. The van der Waals surface area contributed by atoms with E-state index in [0.717, 1.165) is 48.8 Å². The van der Waals surface area contributed by atoms with Crippen LogP contribution in [-0.2, 0) is 20.9 Å². The van der Waals surface area contributed by atoms with Gasteiger partial charge in [0.15, 0.2) is 0 Å². The van der Waals surface area contributed by atoms with E-state index < -0.39 is 23.8 Å². The Morgan fingerprint density at radius 3 is 2.38 bits per heavy atom. The molecule has 2 fully saturated rings. The summed E-state index contributed by atoms with van der Waals surface area (Å²) in [6.07, 6.45) is 9.01. The lowest BCUT2D eigenvalue weighted by Crippen LogP contribution is -2.50. The molecule has 1 heterocycles. The first-order valence-corrected chi connectivity index (χ1v) is 14.9. The van der Waals surface area contributed by atoms with Crippen molar-refractivity contribution < 1.29 is 14.4 Å². The Balaban J connectivity index is 1.47. The zero-order valence-electron chi connectivity index (χ0n) is 23.7. The summed E-state index contributed by atoms with van der Waals surface area (Å²) in [5.41, 5.74) is 10.4. The molecule has 2 aromatic carbocycles. The van der Waals surface area contributed by atoms with Crippen LogP contribution in [0, 0.1) is 24.7 Å². The van der Waals surface area contributed by atoms with Crippen LogP contribution in [0.25, 0.3) is 11.1 Å². The van der Waals surface area contributed by atoms with Crippen molar-refractivity contribution in [2.75, 3.05) is 6.54 Å². The van der Waals surface area contributed by atoms with Crippen molar-refractivity contribution in [2.24, 2.45) is 23.5 Å². The fraction of sp³-hybridized carbons (Fsp3) is 0.545. The molecule has 1 saturated heterocycles. The number of nitrogens with zero attached hydrogens (tertiary/aromatic N) is 1. The molecule has 0 unspecified atom stereocenters. The molecule has 4 rings (SSSR count). The predicted octanol–water partition coefficient (Wildman–Crippen LogP) is 5.76. The van der Waals surface area contributed by atoms with Crippen LogP contribution in [0.5, 0.6) is 0 Å². The van der Waals surface area contributed by atoms with Gasteiger partial charge in [-0.25, -0.2) is 0 Å². The van der Waals surface area contributed by atoms with E-state index in [0.29, 0.717) is 38.3 Å². The molecule has 1 aliphatic heterocycles. The van der Waals surface area contributed by atoms with Crippen molar-refractivity contribution in [3.63, 3.8) is 0 Å². The number of rotatable bonds is 11. The van der Waals surface area contributed by atoms with Crippen LogP contribution in [0.15, 0.2) is 48.5 Å². The second kappa shape index (κ2) is 13.8. The molecule has 6 nitrogen and oxygen atoms in total. The van der Waals surface area contributed by atoms with E-state index in [1.807, 2.05) is 17.9 Å². The summed E-state index contributed by atoms with van der Waals surface area (Å²) in [5.74, 6) is -1.13. The normalized spacial score (nSPS) is 19.9. The minimum Gasteiger partial charge on any atom is -0.369 e. The third-order valence-electron chi connectivity index (χ3n) is 8.63. The average molecular weight is 532 g/mol. The van der Waals surface area contributed by atoms with Gasteiger partial charge in [0.05, 0.1) is 0 Å². The Bertz CT molecular complexity index is 1120. The topological polar surface area (TPSA) is 92.5 Å². The number of primary amides is 1. The van der Waals surface area contributed by atoms with Crippen molar-refractivity contribution in [3.05, 3.63) is 59.7 Å². The van der Waals surface area contributed by atoms with E-state index in [9.17, 15) is 14.4 Å². The molecule has 39 heavy (non-hydrogen) atoms. The highest BCUT2D eigenvalue weighted by molar-refractivity contribution is 5.91. The van der Waals surface area contributed by atoms with Crippen LogP contribution in [0.4, 0.5) is 0 Å². The average Bonchev–Trinajstić information content (AvgIpc) is 3.39. The maximum atomic E-state index is 13.7. The third-order valence-corrected chi connectivity index (χ3v) is 8.63. The van der Waals surface area contributed by atoms with Gasteiger partial charge in [-0.15, -0.1) is 0 Å². The summed E-state index contributed by atoms with van der Waals surface area (Å²) in [4.78, 5) is 41.6. The molecular formula is C33H45N3O3. The Morgan fingerprint density at radius 1 is 0.974 bits per heavy atom. The highest BCUT2D eigenvalue weighted by Crippen LogP contribution is 2.34. The molecule has 3 amide bonds. The summed E-state index contributed by atoms with van der Waals surface area (Å²) in [5, 5.41) is 3.10. The maximum absolute atomic E-state index is 13.7. The molecule has 0 radical (unpaired) electrons. The van der Waals surface area contributed by atoms with Crippen LogP contribution >= 0.6 is 0 Å². The third kappa shape index (κ3) is 7.71. The zero-order chi connectivity index (χ0) is 27.8. The van der Waals surface area contributed by atoms with E-state index in [1.54, 1.807) is 0 Å². The van der Waals surface area contributed by atoms with Gasteiger partial charge in [-0.1, -0.05) is 87.1 Å². The number of nitrogens with two attached hydrogens (primary N) is 1. The molecule has 3 atom stereocenters. The summed E-state index contributed by atoms with van der Waals surface area (Å²) >= 11 is 0. The molecule has 210 valence electrons. The van der Waals surface area contributed by atoms with E-state index in [2.05, 4.69) is 54.7 Å². The SMILES string of the molecule is CCC[C@H](C(N)=O)[C@@H](CC1CCCC1)C(=O)N[C@H]1CCCCN(Cc2cccc(-c3ccc(C)cc3)c2)C1=O. The van der Waals surface area contributed by atoms with Crippen LogP contribution in [-0.4, -0.2) is 35.2 Å². The quantitative estimate of drug-likeness (QED) is 0.386. The van der Waals surface area contributed by atoms with E-state index in [-0.39, 0.29) is 11.8 Å². The van der Waals surface area contributed by atoms with Crippen molar-refractivity contribution in [1.29, 1.82) is 0 Å². The van der Waals surface area contributed by atoms with Gasteiger partial charge < -0.3 is 16.0 Å². The largest absolute Gasteiger partial charge is 0.369 e. The molecule has 3 N–H and O–H groups in total. The fourth-order valence-electron chi connectivity index (χ4n) is 6.40. The van der Waals surface area contributed by atoms with Gasteiger partial charge in [0.25, 0.3) is 0 Å². The molecule has 2 aliphatic rings. The first-order chi connectivity index (χ1) is 18.9. The zero-order valence-corrected chi connectivity index (χ0v) is 23.7. The number of likely N-dealkylation sites (tertiary alicyclic amines) is 1. The Kier molecular flexibility index (Phi) is 10.2. The number of hydrogen-bond donors (Lipinski definition) is 2. The van der Waals surface area contributed by atoms with Gasteiger partial charge in [0, 0.05) is 24.9 Å². The summed E-state index contributed by atoms with van der Waals surface area (Å²) in [7, 11) is 0. The van der Waals surface area contributed by atoms with Gasteiger partial charge in [0.2, 0.25) is 17.7 Å². The second-order valence-corrected chi connectivity index (χ2v) is 11.7. The number of amides is 3. The standard InChI is InChI=1S/C33H45N3O3/c1-3-9-28(31(34)37)29(21-24-10-4-5-11-24)32(38)35-30-14-6-7-19-36(33(30)39)22-25-12-8-13-27(20-25)26-17-15-23(2)16-18-26/h8,12-13,15-18,20,24,28-30H,3-7,9-11,14,19,21-22H2,1-2H3,(H2,34,37)(H,35,38)/t28-,29+,30-/m0/s1. The second-order valence-electron chi connectivity index (χ2n) is 11.7. The highest BCUT2D eigenvalue weighted by Gasteiger charge is 2.37. The predicted molar refractivity (Wildman–Crippen MR) is 155 cm³/mol. The van der Waals surface area contributed by atoms with Gasteiger partial charge >= 0.3 is 0 Å². The fourth-order valence-corrected chi connectivity index (χ4v) is 6.40. The molecule has 6 heteroatoms. The highest BCUT2D eigenvalue weighted by atomic mass is 16.2. The lowest BCUT2D eigenvalue weighted by atomic mass is 9.80. The number of benzene rings is 2. The number of carbonyl (C=O) groups excluding carboxylic acids is 3. The van der Waals surface area contributed by atoms with Crippen molar-refractivity contribution in [2.45, 2.75) is 90.6 Å². The minimum absolute atomic E-state index is 0.0349. The number of carbonyl (C=O) groups is 3. The Morgan fingerprint density at radius 2 is 1.69 bits per heavy atom. The van der Waals surface area contributed by atoms with Crippen molar-refractivity contribution >= 4 is 17.7 Å². The minimum atomic E-state index is -0.568. The van der Waals surface area contributed by atoms with Gasteiger partial charge in [-0.2, -0.15) is 0 Å². The number of aryl methyl sites for hydroxylation is 1.